The molecule has 2 aromatic rings. The first-order chi connectivity index (χ1) is 7.59. The number of para-hydroxylation sites is 1. The molecule has 0 atom stereocenters. The Balaban J connectivity index is 2.67. The number of aromatic nitrogens is 2. The van der Waals surface area contributed by atoms with E-state index in [4.69, 9.17) is 11.6 Å². The number of hydrogen-bond acceptors (Lipinski definition) is 3. The van der Waals surface area contributed by atoms with E-state index >= 15 is 0 Å². The molecule has 0 saturated carbocycles. The molecule has 0 aliphatic carbocycles. The number of rotatable bonds is 2. The summed E-state index contributed by atoms with van der Waals surface area (Å²) >= 11 is 5.95. The summed E-state index contributed by atoms with van der Waals surface area (Å²) in [5.74, 6) is 0. The van der Waals surface area contributed by atoms with Gasteiger partial charge in [-0.3, -0.25) is 10.1 Å². The summed E-state index contributed by atoms with van der Waals surface area (Å²) in [5, 5.41) is 15.2. The Morgan fingerprint density at radius 3 is 2.81 bits per heavy atom. The lowest BCUT2D eigenvalue weighted by atomic mass is 10.2. The van der Waals surface area contributed by atoms with Crippen molar-refractivity contribution in [3.63, 3.8) is 0 Å². The molecule has 0 saturated heterocycles. The van der Waals surface area contributed by atoms with Crippen molar-refractivity contribution >= 4 is 17.3 Å². The van der Waals surface area contributed by atoms with Crippen LogP contribution in [0.25, 0.3) is 5.69 Å². The Morgan fingerprint density at radius 1 is 1.50 bits per heavy atom. The van der Waals surface area contributed by atoms with Gasteiger partial charge in [0.15, 0.2) is 5.69 Å². The fourth-order valence-electron chi connectivity index (χ4n) is 1.41. The van der Waals surface area contributed by atoms with Gasteiger partial charge in [-0.15, -0.1) is 0 Å². The van der Waals surface area contributed by atoms with Crippen LogP contribution in [0.5, 0.6) is 0 Å². The number of nitro groups is 1. The molecule has 0 unspecified atom stereocenters. The minimum atomic E-state index is -0.474. The highest BCUT2D eigenvalue weighted by atomic mass is 35.5. The molecule has 0 spiro atoms. The number of benzene rings is 1. The van der Waals surface area contributed by atoms with Gasteiger partial charge in [0.05, 0.1) is 16.1 Å². The second-order valence-electron chi connectivity index (χ2n) is 3.33. The maximum absolute atomic E-state index is 10.9. The summed E-state index contributed by atoms with van der Waals surface area (Å²) < 4.78 is 1.41. The summed E-state index contributed by atoms with van der Waals surface area (Å²) in [6, 6.07) is 4.54. The van der Waals surface area contributed by atoms with Gasteiger partial charge in [0.2, 0.25) is 0 Å². The zero-order valence-electron chi connectivity index (χ0n) is 8.42. The molecular formula is C10H8ClN3O2. The van der Waals surface area contributed by atoms with Gasteiger partial charge in [-0.25, -0.2) is 4.68 Å². The van der Waals surface area contributed by atoms with E-state index in [1.807, 2.05) is 6.92 Å². The SMILES string of the molecule is Cc1cnn(-c2c(Cl)cccc2[N+](=O)[O-])c1. The van der Waals surface area contributed by atoms with E-state index in [2.05, 4.69) is 5.10 Å². The van der Waals surface area contributed by atoms with Gasteiger partial charge in [0, 0.05) is 12.3 Å². The molecule has 82 valence electrons. The molecule has 1 aromatic heterocycles. The molecule has 0 radical (unpaired) electrons. The molecule has 1 aromatic carbocycles. The Hall–Kier alpha value is -1.88. The molecule has 0 amide bonds. The maximum atomic E-state index is 10.9. The molecule has 16 heavy (non-hydrogen) atoms. The van der Waals surface area contributed by atoms with Crippen molar-refractivity contribution in [1.82, 2.24) is 9.78 Å². The largest absolute Gasteiger partial charge is 0.296 e. The highest BCUT2D eigenvalue weighted by Crippen LogP contribution is 2.29. The Labute approximate surface area is 96.4 Å². The Bertz CT molecular complexity index is 551. The number of halogens is 1. The second kappa shape index (κ2) is 3.94. The van der Waals surface area contributed by atoms with E-state index < -0.39 is 4.92 Å². The summed E-state index contributed by atoms with van der Waals surface area (Å²) in [5.41, 5.74) is 1.15. The normalized spacial score (nSPS) is 10.4. The lowest BCUT2D eigenvalue weighted by Crippen LogP contribution is -2.01. The predicted molar refractivity (Wildman–Crippen MR) is 60.0 cm³/mol. The molecule has 0 bridgehead atoms. The second-order valence-corrected chi connectivity index (χ2v) is 3.73. The number of hydrogen-bond donors (Lipinski definition) is 0. The summed E-state index contributed by atoms with van der Waals surface area (Å²) in [4.78, 5) is 10.4. The van der Waals surface area contributed by atoms with Gasteiger partial charge in [0.1, 0.15) is 0 Å². The van der Waals surface area contributed by atoms with Crippen molar-refractivity contribution in [3.05, 3.63) is 51.3 Å². The lowest BCUT2D eigenvalue weighted by molar-refractivity contribution is -0.384. The van der Waals surface area contributed by atoms with Crippen LogP contribution in [0.3, 0.4) is 0 Å². The highest BCUT2D eigenvalue weighted by molar-refractivity contribution is 6.32. The third-order valence-corrected chi connectivity index (χ3v) is 2.41. The fraction of sp³-hybridized carbons (Fsp3) is 0.100. The van der Waals surface area contributed by atoms with Crippen LogP contribution in [0.15, 0.2) is 30.6 Å². The Kier molecular flexibility index (Phi) is 2.62. The van der Waals surface area contributed by atoms with Crippen LogP contribution in [-0.4, -0.2) is 14.7 Å². The van der Waals surface area contributed by atoms with E-state index in [0.717, 1.165) is 5.56 Å². The molecule has 5 nitrogen and oxygen atoms in total. The van der Waals surface area contributed by atoms with Crippen LogP contribution in [0, 0.1) is 17.0 Å². The zero-order valence-corrected chi connectivity index (χ0v) is 9.18. The van der Waals surface area contributed by atoms with Crippen molar-refractivity contribution in [3.8, 4) is 5.69 Å². The van der Waals surface area contributed by atoms with Crippen molar-refractivity contribution in [2.75, 3.05) is 0 Å². The first kappa shape index (κ1) is 10.6. The number of nitro benzene ring substituents is 1. The first-order valence-electron chi connectivity index (χ1n) is 4.54. The van der Waals surface area contributed by atoms with E-state index in [1.165, 1.54) is 10.7 Å². The third kappa shape index (κ3) is 1.77. The molecular weight excluding hydrogens is 230 g/mol. The van der Waals surface area contributed by atoms with Crippen LogP contribution in [0.2, 0.25) is 5.02 Å². The van der Waals surface area contributed by atoms with E-state index in [0.29, 0.717) is 10.7 Å². The van der Waals surface area contributed by atoms with Crippen LogP contribution >= 0.6 is 11.6 Å². The van der Waals surface area contributed by atoms with Gasteiger partial charge in [0.25, 0.3) is 5.69 Å². The fourth-order valence-corrected chi connectivity index (χ4v) is 1.67. The van der Waals surface area contributed by atoms with Gasteiger partial charge in [-0.05, 0) is 18.6 Å². The standard InChI is InChI=1S/C10H8ClN3O2/c1-7-5-12-13(6-7)10-8(11)3-2-4-9(10)14(15)16/h2-6H,1H3. The van der Waals surface area contributed by atoms with Gasteiger partial charge in [-0.2, -0.15) is 5.10 Å². The predicted octanol–water partition coefficient (Wildman–Crippen LogP) is 2.74. The average Bonchev–Trinajstić information content (AvgIpc) is 2.64. The molecule has 6 heteroatoms. The molecule has 2 rings (SSSR count). The smallest absolute Gasteiger partial charge is 0.258 e. The lowest BCUT2D eigenvalue weighted by Gasteiger charge is -2.04. The monoisotopic (exact) mass is 237 g/mol. The van der Waals surface area contributed by atoms with Gasteiger partial charge >= 0.3 is 0 Å². The molecule has 0 aliphatic rings. The maximum Gasteiger partial charge on any atom is 0.296 e. The van der Waals surface area contributed by atoms with Crippen LogP contribution in [0.1, 0.15) is 5.56 Å². The summed E-state index contributed by atoms with van der Waals surface area (Å²) in [7, 11) is 0. The van der Waals surface area contributed by atoms with Gasteiger partial charge < -0.3 is 0 Å². The van der Waals surface area contributed by atoms with Crippen LogP contribution in [0.4, 0.5) is 5.69 Å². The Morgan fingerprint density at radius 2 is 2.25 bits per heavy atom. The van der Waals surface area contributed by atoms with Crippen molar-refractivity contribution in [2.45, 2.75) is 6.92 Å². The van der Waals surface area contributed by atoms with Crippen molar-refractivity contribution < 1.29 is 4.92 Å². The number of aryl methyl sites for hydroxylation is 1. The average molecular weight is 238 g/mol. The van der Waals surface area contributed by atoms with Crippen molar-refractivity contribution in [1.29, 1.82) is 0 Å². The van der Waals surface area contributed by atoms with Gasteiger partial charge in [-0.1, -0.05) is 17.7 Å². The first-order valence-corrected chi connectivity index (χ1v) is 4.92. The summed E-state index contributed by atoms with van der Waals surface area (Å²) in [6.07, 6.45) is 3.31. The zero-order chi connectivity index (χ0) is 11.7. The quantitative estimate of drug-likeness (QED) is 0.596. The number of nitrogens with zero attached hydrogens (tertiary/aromatic N) is 3. The molecule has 0 aliphatic heterocycles. The molecule has 0 fully saturated rings. The minimum absolute atomic E-state index is 0.0596. The van der Waals surface area contributed by atoms with E-state index in [9.17, 15) is 10.1 Å². The van der Waals surface area contributed by atoms with Crippen molar-refractivity contribution in [2.24, 2.45) is 0 Å². The van der Waals surface area contributed by atoms with Crippen LogP contribution in [-0.2, 0) is 0 Å². The minimum Gasteiger partial charge on any atom is -0.258 e. The topological polar surface area (TPSA) is 61.0 Å². The van der Waals surface area contributed by atoms with Crippen LogP contribution < -0.4 is 0 Å². The highest BCUT2D eigenvalue weighted by Gasteiger charge is 2.18. The molecule has 1 heterocycles. The third-order valence-electron chi connectivity index (χ3n) is 2.10. The van der Waals surface area contributed by atoms with E-state index in [-0.39, 0.29) is 5.69 Å². The summed E-state index contributed by atoms with van der Waals surface area (Å²) in [6.45, 7) is 1.85. The van der Waals surface area contributed by atoms with E-state index in [1.54, 1.807) is 24.5 Å². The molecule has 0 N–H and O–H groups in total.